The number of rotatable bonds is 3. The molecule has 0 aromatic heterocycles. The van der Waals surface area contributed by atoms with Gasteiger partial charge in [-0.05, 0) is 44.5 Å². The molecule has 1 fully saturated rings. The largest absolute Gasteiger partial charge is 0.380 e. The SMILES string of the molecule is CN1CCCC(CNc2c(F)cccc2F)C1. The van der Waals surface area contributed by atoms with Crippen molar-refractivity contribution in [3.05, 3.63) is 29.8 Å². The molecule has 1 aromatic carbocycles. The third kappa shape index (κ3) is 3.16. The molecule has 0 radical (unpaired) electrons. The molecule has 0 aliphatic carbocycles. The van der Waals surface area contributed by atoms with Crippen LogP contribution in [0.1, 0.15) is 12.8 Å². The average molecular weight is 240 g/mol. The van der Waals surface area contributed by atoms with E-state index in [9.17, 15) is 8.78 Å². The molecule has 1 heterocycles. The molecule has 2 rings (SSSR count). The fraction of sp³-hybridized carbons (Fsp3) is 0.538. The topological polar surface area (TPSA) is 15.3 Å². The first-order valence-electron chi connectivity index (χ1n) is 6.03. The Balaban J connectivity index is 1.93. The summed E-state index contributed by atoms with van der Waals surface area (Å²) in [7, 11) is 2.08. The van der Waals surface area contributed by atoms with Crippen LogP contribution in [-0.4, -0.2) is 31.6 Å². The molecule has 1 atom stereocenters. The number of benzene rings is 1. The molecule has 0 bridgehead atoms. The van der Waals surface area contributed by atoms with Gasteiger partial charge in [-0.1, -0.05) is 6.07 Å². The molecule has 1 saturated heterocycles. The summed E-state index contributed by atoms with van der Waals surface area (Å²) in [5.41, 5.74) is 0.000673. The summed E-state index contributed by atoms with van der Waals surface area (Å²) in [6.45, 7) is 2.73. The van der Waals surface area contributed by atoms with Crippen molar-refractivity contribution in [2.24, 2.45) is 5.92 Å². The Morgan fingerprint density at radius 1 is 1.35 bits per heavy atom. The highest BCUT2D eigenvalue weighted by molar-refractivity contribution is 5.46. The maximum atomic E-state index is 13.4. The van der Waals surface area contributed by atoms with Gasteiger partial charge in [0.2, 0.25) is 0 Å². The zero-order chi connectivity index (χ0) is 12.3. The number of hydrogen-bond donors (Lipinski definition) is 1. The van der Waals surface area contributed by atoms with Crippen molar-refractivity contribution in [2.75, 3.05) is 32.0 Å². The maximum absolute atomic E-state index is 13.4. The monoisotopic (exact) mass is 240 g/mol. The van der Waals surface area contributed by atoms with Gasteiger partial charge in [0.1, 0.15) is 17.3 Å². The molecule has 0 spiro atoms. The number of likely N-dealkylation sites (tertiary alicyclic amines) is 1. The Hall–Kier alpha value is -1.16. The number of piperidine rings is 1. The molecular weight excluding hydrogens is 222 g/mol. The number of nitrogens with zero attached hydrogens (tertiary/aromatic N) is 1. The average Bonchev–Trinajstić information content (AvgIpc) is 2.28. The van der Waals surface area contributed by atoms with E-state index in [1.807, 2.05) is 0 Å². The molecule has 1 aliphatic heterocycles. The number of halogens is 2. The summed E-state index contributed by atoms with van der Waals surface area (Å²) < 4.78 is 26.7. The van der Waals surface area contributed by atoms with Crippen LogP contribution in [0.15, 0.2) is 18.2 Å². The lowest BCUT2D eigenvalue weighted by Gasteiger charge is -2.30. The normalized spacial score (nSPS) is 21.5. The van der Waals surface area contributed by atoms with Crippen LogP contribution in [-0.2, 0) is 0 Å². The van der Waals surface area contributed by atoms with Crippen LogP contribution in [0.25, 0.3) is 0 Å². The Labute approximate surface area is 101 Å². The molecule has 94 valence electrons. The van der Waals surface area contributed by atoms with Crippen molar-refractivity contribution in [3.63, 3.8) is 0 Å². The van der Waals surface area contributed by atoms with Crippen molar-refractivity contribution in [2.45, 2.75) is 12.8 Å². The molecule has 0 saturated carbocycles. The van der Waals surface area contributed by atoms with E-state index < -0.39 is 11.6 Å². The first kappa shape index (κ1) is 12.3. The molecule has 1 unspecified atom stereocenters. The Bertz CT molecular complexity index is 361. The van der Waals surface area contributed by atoms with E-state index in [0.29, 0.717) is 12.5 Å². The van der Waals surface area contributed by atoms with Crippen LogP contribution in [0.3, 0.4) is 0 Å². The van der Waals surface area contributed by atoms with Gasteiger partial charge >= 0.3 is 0 Å². The lowest BCUT2D eigenvalue weighted by Crippen LogP contribution is -2.35. The van der Waals surface area contributed by atoms with Crippen LogP contribution in [0.4, 0.5) is 14.5 Å². The van der Waals surface area contributed by atoms with Crippen LogP contribution in [0, 0.1) is 17.6 Å². The zero-order valence-corrected chi connectivity index (χ0v) is 10.0. The van der Waals surface area contributed by atoms with E-state index in [1.165, 1.54) is 18.2 Å². The number of anilines is 1. The predicted molar refractivity (Wildman–Crippen MR) is 65.1 cm³/mol. The minimum absolute atomic E-state index is 0.000673. The number of nitrogens with one attached hydrogen (secondary N) is 1. The number of hydrogen-bond acceptors (Lipinski definition) is 2. The van der Waals surface area contributed by atoms with Crippen molar-refractivity contribution in [1.29, 1.82) is 0 Å². The molecule has 1 N–H and O–H groups in total. The molecule has 1 aromatic rings. The summed E-state index contributed by atoms with van der Waals surface area (Å²) >= 11 is 0. The molecular formula is C13H18F2N2. The standard InChI is InChI=1S/C13H18F2N2/c1-17-7-3-4-10(9-17)8-16-13-11(14)5-2-6-12(13)15/h2,5-6,10,16H,3-4,7-9H2,1H3. The second-order valence-electron chi connectivity index (χ2n) is 4.75. The zero-order valence-electron chi connectivity index (χ0n) is 10.0. The molecule has 1 aliphatic rings. The van der Waals surface area contributed by atoms with Gasteiger partial charge in [0.05, 0.1) is 0 Å². The lowest BCUT2D eigenvalue weighted by molar-refractivity contribution is 0.217. The Morgan fingerprint density at radius 3 is 2.71 bits per heavy atom. The highest BCUT2D eigenvalue weighted by atomic mass is 19.1. The first-order valence-corrected chi connectivity index (χ1v) is 6.03. The van der Waals surface area contributed by atoms with E-state index in [2.05, 4.69) is 17.3 Å². The van der Waals surface area contributed by atoms with Crippen molar-refractivity contribution in [1.82, 2.24) is 4.90 Å². The van der Waals surface area contributed by atoms with Crippen LogP contribution < -0.4 is 5.32 Å². The Morgan fingerprint density at radius 2 is 2.06 bits per heavy atom. The quantitative estimate of drug-likeness (QED) is 0.874. The number of para-hydroxylation sites is 1. The van der Waals surface area contributed by atoms with E-state index in [0.717, 1.165) is 25.9 Å². The first-order chi connectivity index (χ1) is 8.16. The summed E-state index contributed by atoms with van der Waals surface area (Å²) in [5.74, 6) is -0.573. The third-order valence-corrected chi connectivity index (χ3v) is 3.25. The van der Waals surface area contributed by atoms with E-state index in [-0.39, 0.29) is 5.69 Å². The van der Waals surface area contributed by atoms with Gasteiger partial charge in [-0.25, -0.2) is 8.78 Å². The van der Waals surface area contributed by atoms with Gasteiger partial charge in [-0.2, -0.15) is 0 Å². The van der Waals surface area contributed by atoms with E-state index in [1.54, 1.807) is 0 Å². The van der Waals surface area contributed by atoms with Gasteiger partial charge in [-0.15, -0.1) is 0 Å². The fourth-order valence-corrected chi connectivity index (χ4v) is 2.35. The van der Waals surface area contributed by atoms with Gasteiger partial charge in [0, 0.05) is 13.1 Å². The van der Waals surface area contributed by atoms with Crippen molar-refractivity contribution in [3.8, 4) is 0 Å². The van der Waals surface area contributed by atoms with Crippen LogP contribution >= 0.6 is 0 Å². The van der Waals surface area contributed by atoms with Gasteiger partial charge < -0.3 is 10.2 Å². The van der Waals surface area contributed by atoms with Crippen molar-refractivity contribution >= 4 is 5.69 Å². The highest BCUT2D eigenvalue weighted by Gasteiger charge is 2.18. The highest BCUT2D eigenvalue weighted by Crippen LogP contribution is 2.20. The molecule has 4 heteroatoms. The van der Waals surface area contributed by atoms with Crippen LogP contribution in [0.2, 0.25) is 0 Å². The van der Waals surface area contributed by atoms with Crippen LogP contribution in [0.5, 0.6) is 0 Å². The molecule has 17 heavy (non-hydrogen) atoms. The predicted octanol–water partition coefficient (Wildman–Crippen LogP) is 2.72. The second kappa shape index (κ2) is 5.45. The minimum atomic E-state index is -0.519. The fourth-order valence-electron chi connectivity index (χ4n) is 2.35. The second-order valence-corrected chi connectivity index (χ2v) is 4.75. The Kier molecular flexibility index (Phi) is 3.94. The summed E-state index contributed by atoms with van der Waals surface area (Å²) in [4.78, 5) is 2.26. The summed E-state index contributed by atoms with van der Waals surface area (Å²) in [6, 6.07) is 3.93. The van der Waals surface area contributed by atoms with Gasteiger partial charge in [-0.3, -0.25) is 0 Å². The van der Waals surface area contributed by atoms with Gasteiger partial charge in [0.25, 0.3) is 0 Å². The third-order valence-electron chi connectivity index (χ3n) is 3.25. The molecule has 2 nitrogen and oxygen atoms in total. The van der Waals surface area contributed by atoms with E-state index >= 15 is 0 Å². The smallest absolute Gasteiger partial charge is 0.149 e. The summed E-state index contributed by atoms with van der Waals surface area (Å²) in [5, 5.41) is 2.89. The lowest BCUT2D eigenvalue weighted by atomic mass is 9.98. The van der Waals surface area contributed by atoms with Gasteiger partial charge in [0.15, 0.2) is 0 Å². The maximum Gasteiger partial charge on any atom is 0.149 e. The van der Waals surface area contributed by atoms with Crippen molar-refractivity contribution < 1.29 is 8.78 Å². The molecule has 0 amide bonds. The minimum Gasteiger partial charge on any atom is -0.380 e. The van der Waals surface area contributed by atoms with E-state index in [4.69, 9.17) is 0 Å². The summed E-state index contributed by atoms with van der Waals surface area (Å²) in [6.07, 6.45) is 2.27.